The summed E-state index contributed by atoms with van der Waals surface area (Å²) in [6.07, 6.45) is 2.99. The average Bonchev–Trinajstić information content (AvgIpc) is 3.06. The van der Waals surface area contributed by atoms with Crippen molar-refractivity contribution in [2.45, 2.75) is 26.8 Å². The van der Waals surface area contributed by atoms with Crippen molar-refractivity contribution in [3.63, 3.8) is 0 Å². The number of methoxy groups -OCH3 is 2. The number of likely N-dealkylation sites (tertiary alicyclic amines) is 1. The van der Waals surface area contributed by atoms with Crippen LogP contribution in [0.1, 0.15) is 25.8 Å². The molecule has 2 aliphatic rings. The Morgan fingerprint density at radius 3 is 2.74 bits per heavy atom. The maximum atomic E-state index is 11.6. The van der Waals surface area contributed by atoms with E-state index in [1.165, 1.54) is 13.5 Å². The van der Waals surface area contributed by atoms with Crippen molar-refractivity contribution in [3.8, 4) is 17.0 Å². The molecule has 1 aromatic heterocycles. The van der Waals surface area contributed by atoms with Gasteiger partial charge in [0.2, 0.25) is 0 Å². The topological polar surface area (TPSA) is 60.9 Å². The van der Waals surface area contributed by atoms with Gasteiger partial charge in [-0.05, 0) is 48.1 Å². The molecule has 0 radical (unpaired) electrons. The number of fused-ring (bicyclic) bond motifs is 1. The van der Waals surface area contributed by atoms with Crippen LogP contribution in [0.4, 0.5) is 0 Å². The Bertz CT molecular complexity index is 930. The lowest BCUT2D eigenvalue weighted by Gasteiger charge is -2.56. The Morgan fingerprint density at radius 2 is 2.06 bits per heavy atom. The molecule has 1 aliphatic carbocycles. The first-order valence-corrected chi connectivity index (χ1v) is 10.8. The van der Waals surface area contributed by atoms with Gasteiger partial charge in [0.05, 0.1) is 19.4 Å². The third kappa shape index (κ3) is 4.32. The smallest absolute Gasteiger partial charge is 0.343 e. The molecule has 2 fully saturated rings. The molecule has 6 heteroatoms. The van der Waals surface area contributed by atoms with Gasteiger partial charge >= 0.3 is 5.97 Å². The van der Waals surface area contributed by atoms with Crippen molar-refractivity contribution in [1.29, 1.82) is 0 Å². The maximum Gasteiger partial charge on any atom is 0.343 e. The number of pyridine rings is 1. The lowest BCUT2D eigenvalue weighted by atomic mass is 9.48. The maximum absolute atomic E-state index is 11.6. The predicted octanol–water partition coefficient (Wildman–Crippen LogP) is 3.79. The first kappa shape index (κ1) is 21.8. The standard InChI is InChI=1S/C25H32N2O4/c1-24(2)15-25(17-29-3)16-27(13-22(24)25)12-19-11-18(20-7-5-6-10-26-20)8-9-21(19)31-14-23(28)30-4/h5-11,22H,12-17H2,1-4H3/t22-,25-/m1/s1. The van der Waals surface area contributed by atoms with E-state index in [0.29, 0.717) is 17.1 Å². The van der Waals surface area contributed by atoms with Gasteiger partial charge in [-0.25, -0.2) is 4.79 Å². The first-order valence-electron chi connectivity index (χ1n) is 10.8. The highest BCUT2D eigenvalue weighted by atomic mass is 16.6. The number of esters is 1. The second-order valence-electron chi connectivity index (χ2n) is 9.59. The van der Waals surface area contributed by atoms with E-state index < -0.39 is 0 Å². The van der Waals surface area contributed by atoms with Gasteiger partial charge in [0.1, 0.15) is 5.75 Å². The minimum atomic E-state index is -0.389. The minimum absolute atomic E-state index is 0.101. The molecular formula is C25H32N2O4. The first-order chi connectivity index (χ1) is 14.9. The zero-order chi connectivity index (χ0) is 22.1. The largest absolute Gasteiger partial charge is 0.482 e. The minimum Gasteiger partial charge on any atom is -0.482 e. The highest BCUT2D eigenvalue weighted by Gasteiger charge is 2.62. The van der Waals surface area contributed by atoms with Crippen molar-refractivity contribution in [3.05, 3.63) is 48.2 Å². The SMILES string of the molecule is COC[C@@]12CN(Cc3cc(-c4ccccn4)ccc3OCC(=O)OC)C[C@@H]1C(C)(C)C2. The summed E-state index contributed by atoms with van der Waals surface area (Å²) in [6.45, 7) is 8.24. The number of hydrogen-bond donors (Lipinski definition) is 0. The zero-order valence-corrected chi connectivity index (χ0v) is 18.9. The van der Waals surface area contributed by atoms with E-state index in [0.717, 1.165) is 43.1 Å². The Balaban J connectivity index is 1.58. The Labute approximate surface area is 184 Å². The number of hydrogen-bond acceptors (Lipinski definition) is 6. The lowest BCUT2D eigenvalue weighted by Crippen LogP contribution is -2.55. The van der Waals surface area contributed by atoms with Gasteiger partial charge in [0.25, 0.3) is 0 Å². The van der Waals surface area contributed by atoms with Gasteiger partial charge in [-0.3, -0.25) is 9.88 Å². The average molecular weight is 425 g/mol. The molecule has 2 heterocycles. The van der Waals surface area contributed by atoms with Gasteiger partial charge in [0.15, 0.2) is 6.61 Å². The third-order valence-corrected chi connectivity index (χ3v) is 6.89. The van der Waals surface area contributed by atoms with E-state index in [4.69, 9.17) is 14.2 Å². The van der Waals surface area contributed by atoms with Crippen LogP contribution in [0.2, 0.25) is 0 Å². The molecule has 2 aromatic rings. The van der Waals surface area contributed by atoms with Crippen LogP contribution in [0, 0.1) is 16.7 Å². The molecule has 1 aromatic carbocycles. The summed E-state index contributed by atoms with van der Waals surface area (Å²) in [4.78, 5) is 18.6. The number of aromatic nitrogens is 1. The highest BCUT2D eigenvalue weighted by Crippen LogP contribution is 2.62. The van der Waals surface area contributed by atoms with E-state index >= 15 is 0 Å². The molecule has 0 bridgehead atoms. The summed E-state index contributed by atoms with van der Waals surface area (Å²) in [7, 11) is 3.17. The van der Waals surface area contributed by atoms with Crippen molar-refractivity contribution >= 4 is 5.97 Å². The Morgan fingerprint density at radius 1 is 1.23 bits per heavy atom. The Hall–Kier alpha value is -2.44. The van der Waals surface area contributed by atoms with Crippen LogP contribution in [0.5, 0.6) is 5.75 Å². The second kappa shape index (κ2) is 8.60. The summed E-state index contributed by atoms with van der Waals surface area (Å²) in [5.41, 5.74) is 3.59. The molecule has 1 aliphatic heterocycles. The molecule has 1 saturated heterocycles. The van der Waals surface area contributed by atoms with Gasteiger partial charge in [-0.15, -0.1) is 0 Å². The highest BCUT2D eigenvalue weighted by molar-refractivity contribution is 5.71. The molecule has 0 N–H and O–H groups in total. The van der Waals surface area contributed by atoms with Crippen molar-refractivity contribution < 1.29 is 19.0 Å². The quantitative estimate of drug-likeness (QED) is 0.601. The second-order valence-corrected chi connectivity index (χ2v) is 9.59. The van der Waals surface area contributed by atoms with E-state index in [9.17, 15) is 4.79 Å². The van der Waals surface area contributed by atoms with E-state index in [-0.39, 0.29) is 18.0 Å². The fraction of sp³-hybridized carbons (Fsp3) is 0.520. The monoisotopic (exact) mass is 424 g/mol. The summed E-state index contributed by atoms with van der Waals surface area (Å²) in [5.74, 6) is 0.947. The van der Waals surface area contributed by atoms with E-state index in [2.05, 4.69) is 29.8 Å². The summed E-state index contributed by atoms with van der Waals surface area (Å²) in [5, 5.41) is 0. The van der Waals surface area contributed by atoms with Crippen LogP contribution in [0.15, 0.2) is 42.6 Å². The molecule has 2 atom stereocenters. The molecule has 4 rings (SSSR count). The summed E-state index contributed by atoms with van der Waals surface area (Å²) < 4.78 is 16.2. The normalized spacial score (nSPS) is 24.3. The van der Waals surface area contributed by atoms with E-state index in [1.807, 2.05) is 30.3 Å². The van der Waals surface area contributed by atoms with Crippen LogP contribution in [0.3, 0.4) is 0 Å². The number of rotatable bonds is 8. The van der Waals surface area contributed by atoms with Crippen molar-refractivity contribution in [2.75, 3.05) is 40.5 Å². The molecule has 6 nitrogen and oxygen atoms in total. The number of ether oxygens (including phenoxy) is 3. The van der Waals surface area contributed by atoms with Gasteiger partial charge < -0.3 is 14.2 Å². The molecule has 0 unspecified atom stereocenters. The van der Waals surface area contributed by atoms with Crippen LogP contribution in [0.25, 0.3) is 11.3 Å². The van der Waals surface area contributed by atoms with Crippen molar-refractivity contribution in [2.24, 2.45) is 16.7 Å². The predicted molar refractivity (Wildman–Crippen MR) is 119 cm³/mol. The Kier molecular flexibility index (Phi) is 6.04. The zero-order valence-electron chi connectivity index (χ0n) is 18.9. The van der Waals surface area contributed by atoms with Crippen LogP contribution in [-0.2, 0) is 20.8 Å². The third-order valence-electron chi connectivity index (χ3n) is 6.89. The number of carbonyl (C=O) groups is 1. The van der Waals surface area contributed by atoms with E-state index in [1.54, 1.807) is 13.3 Å². The molecule has 31 heavy (non-hydrogen) atoms. The van der Waals surface area contributed by atoms with Gasteiger partial charge in [0, 0.05) is 49.5 Å². The molecule has 166 valence electrons. The fourth-order valence-corrected chi connectivity index (χ4v) is 5.80. The number of carbonyl (C=O) groups excluding carboxylic acids is 1. The van der Waals surface area contributed by atoms with Crippen LogP contribution in [-0.4, -0.2) is 56.4 Å². The fourth-order valence-electron chi connectivity index (χ4n) is 5.80. The van der Waals surface area contributed by atoms with Crippen LogP contribution < -0.4 is 4.74 Å². The lowest BCUT2D eigenvalue weighted by molar-refractivity contribution is -0.142. The molecule has 0 spiro atoms. The molecular weight excluding hydrogens is 392 g/mol. The summed E-state index contributed by atoms with van der Waals surface area (Å²) >= 11 is 0. The molecule has 1 saturated carbocycles. The number of benzene rings is 1. The van der Waals surface area contributed by atoms with Gasteiger partial charge in [-0.1, -0.05) is 19.9 Å². The summed E-state index contributed by atoms with van der Waals surface area (Å²) in [6, 6.07) is 11.9. The van der Waals surface area contributed by atoms with Crippen LogP contribution >= 0.6 is 0 Å². The molecule has 0 amide bonds. The van der Waals surface area contributed by atoms with Crippen molar-refractivity contribution in [1.82, 2.24) is 9.88 Å². The number of nitrogens with zero attached hydrogens (tertiary/aromatic N) is 2. The van der Waals surface area contributed by atoms with Gasteiger partial charge in [-0.2, -0.15) is 0 Å².